The second kappa shape index (κ2) is 5.53. The molecule has 2 aromatic carbocycles. The molecule has 0 bridgehead atoms. The minimum Gasteiger partial charge on any atom is -0.290 e. The van der Waals surface area contributed by atoms with Gasteiger partial charge in [0.25, 0.3) is 0 Å². The van der Waals surface area contributed by atoms with Gasteiger partial charge in [-0.05, 0) is 12.1 Å². The molecule has 0 saturated carbocycles. The number of Topliss-reactive ketones (excluding diaryl/α,β-unsaturated/α-hetero) is 1. The van der Waals surface area contributed by atoms with E-state index in [1.54, 1.807) is 0 Å². The molecule has 0 atom stereocenters. The fraction of sp³-hybridized carbons (Fsp3) is 0.0588. The largest absolute Gasteiger partial charge is 0.290 e. The molecule has 0 saturated heterocycles. The molecule has 0 aliphatic rings. The van der Waals surface area contributed by atoms with Crippen LogP contribution >= 0.6 is 0 Å². The van der Waals surface area contributed by atoms with E-state index in [4.69, 9.17) is 0 Å². The van der Waals surface area contributed by atoms with Crippen molar-refractivity contribution >= 4 is 5.78 Å². The molecule has 3 nitrogen and oxygen atoms in total. The minimum absolute atomic E-state index is 0.112. The normalized spacial score (nSPS) is 10.4. The van der Waals surface area contributed by atoms with Crippen LogP contribution in [0.2, 0.25) is 0 Å². The Bertz CT molecular complexity index is 702. The Hall–Kier alpha value is -2.68. The van der Waals surface area contributed by atoms with Gasteiger partial charge in [-0.15, -0.1) is 0 Å². The summed E-state index contributed by atoms with van der Waals surface area (Å²) in [5.74, 6) is 0.112. The van der Waals surface area contributed by atoms with Crippen molar-refractivity contribution in [2.45, 2.75) is 6.54 Å². The van der Waals surface area contributed by atoms with Gasteiger partial charge in [0.2, 0.25) is 12.1 Å². The van der Waals surface area contributed by atoms with Gasteiger partial charge in [-0.3, -0.25) is 4.79 Å². The van der Waals surface area contributed by atoms with Crippen LogP contribution in [0.1, 0.15) is 10.4 Å². The first-order valence-electron chi connectivity index (χ1n) is 6.54. The van der Waals surface area contributed by atoms with Crippen LogP contribution in [0.15, 0.2) is 79.4 Å². The molecular formula is C17H15N2O+. The van der Waals surface area contributed by atoms with Gasteiger partial charge >= 0.3 is 0 Å². The van der Waals surface area contributed by atoms with E-state index in [1.807, 2.05) is 88.5 Å². The third-order valence-electron chi connectivity index (χ3n) is 3.17. The van der Waals surface area contributed by atoms with Crippen molar-refractivity contribution in [3.63, 3.8) is 0 Å². The number of rotatable bonds is 4. The maximum Gasteiger partial charge on any atom is 0.249 e. The predicted molar refractivity (Wildman–Crippen MR) is 76.7 cm³/mol. The van der Waals surface area contributed by atoms with Crippen molar-refractivity contribution in [1.29, 1.82) is 0 Å². The van der Waals surface area contributed by atoms with Gasteiger partial charge in [-0.2, -0.15) is 0 Å². The Morgan fingerprint density at radius 2 is 1.60 bits per heavy atom. The molecule has 98 valence electrons. The fourth-order valence-corrected chi connectivity index (χ4v) is 2.12. The first kappa shape index (κ1) is 12.4. The third kappa shape index (κ3) is 2.67. The Balaban J connectivity index is 1.77. The number of ketones is 1. The Labute approximate surface area is 117 Å². The second-order valence-electron chi connectivity index (χ2n) is 4.62. The molecule has 3 heteroatoms. The zero-order valence-corrected chi connectivity index (χ0v) is 11.0. The van der Waals surface area contributed by atoms with Crippen molar-refractivity contribution in [1.82, 2.24) is 4.57 Å². The van der Waals surface area contributed by atoms with Crippen LogP contribution in [0.25, 0.3) is 5.69 Å². The summed E-state index contributed by atoms with van der Waals surface area (Å²) in [7, 11) is 0. The Kier molecular flexibility index (Phi) is 3.42. The molecule has 0 fully saturated rings. The number of benzene rings is 2. The van der Waals surface area contributed by atoms with Crippen LogP contribution < -0.4 is 4.57 Å². The van der Waals surface area contributed by atoms with Crippen molar-refractivity contribution in [2.75, 3.05) is 0 Å². The summed E-state index contributed by atoms with van der Waals surface area (Å²) in [6, 6.07) is 19.4. The molecule has 1 aromatic heterocycles. The summed E-state index contributed by atoms with van der Waals surface area (Å²) < 4.78 is 3.89. The average molecular weight is 263 g/mol. The maximum absolute atomic E-state index is 12.1. The summed E-state index contributed by atoms with van der Waals surface area (Å²) in [6.07, 6.45) is 5.79. The Morgan fingerprint density at radius 1 is 0.950 bits per heavy atom. The molecule has 3 rings (SSSR count). The first-order chi connectivity index (χ1) is 9.83. The summed E-state index contributed by atoms with van der Waals surface area (Å²) in [5.41, 5.74) is 1.82. The number of nitrogens with zero attached hydrogens (tertiary/aromatic N) is 2. The van der Waals surface area contributed by atoms with Gasteiger partial charge in [0, 0.05) is 5.56 Å². The molecule has 20 heavy (non-hydrogen) atoms. The van der Waals surface area contributed by atoms with E-state index < -0.39 is 0 Å². The highest BCUT2D eigenvalue weighted by Gasteiger charge is 2.11. The highest BCUT2D eigenvalue weighted by atomic mass is 16.1. The molecule has 0 amide bonds. The van der Waals surface area contributed by atoms with Gasteiger partial charge in [0.1, 0.15) is 18.1 Å². The van der Waals surface area contributed by atoms with Crippen LogP contribution in [0.5, 0.6) is 0 Å². The van der Waals surface area contributed by atoms with E-state index in [0.29, 0.717) is 6.54 Å². The van der Waals surface area contributed by atoms with Crippen LogP contribution in [0.3, 0.4) is 0 Å². The van der Waals surface area contributed by atoms with Gasteiger partial charge in [-0.1, -0.05) is 48.5 Å². The monoisotopic (exact) mass is 263 g/mol. The smallest absolute Gasteiger partial charge is 0.249 e. The second-order valence-corrected chi connectivity index (χ2v) is 4.62. The topological polar surface area (TPSA) is 25.9 Å². The van der Waals surface area contributed by atoms with Crippen LogP contribution in [-0.2, 0) is 6.54 Å². The number of hydrogen-bond acceptors (Lipinski definition) is 1. The van der Waals surface area contributed by atoms with Gasteiger partial charge in [0.15, 0.2) is 6.54 Å². The van der Waals surface area contributed by atoms with E-state index in [9.17, 15) is 4.79 Å². The lowest BCUT2D eigenvalue weighted by molar-refractivity contribution is -0.682. The summed E-state index contributed by atoms with van der Waals surface area (Å²) in [5, 5.41) is 0. The van der Waals surface area contributed by atoms with E-state index in [0.717, 1.165) is 11.3 Å². The number of para-hydroxylation sites is 1. The lowest BCUT2D eigenvalue weighted by atomic mass is 10.1. The molecule has 1 heterocycles. The van der Waals surface area contributed by atoms with E-state index in [2.05, 4.69) is 0 Å². The number of hydrogen-bond donors (Lipinski definition) is 0. The number of carbonyl (C=O) groups excluding carboxylic acids is 1. The standard InChI is InChI=1S/C17H15N2O/c20-17(15-7-3-1-4-8-15)13-18-11-12-19(14-18)16-9-5-2-6-10-16/h1-12,14H,13H2/q+1. The van der Waals surface area contributed by atoms with Crippen molar-refractivity contribution in [3.05, 3.63) is 84.9 Å². The Morgan fingerprint density at radius 3 is 2.30 bits per heavy atom. The van der Waals surface area contributed by atoms with E-state index >= 15 is 0 Å². The molecule has 0 radical (unpaired) electrons. The molecule has 0 aliphatic heterocycles. The minimum atomic E-state index is 0.112. The van der Waals surface area contributed by atoms with Crippen molar-refractivity contribution in [3.8, 4) is 5.69 Å². The molecular weight excluding hydrogens is 248 g/mol. The molecule has 0 spiro atoms. The van der Waals surface area contributed by atoms with Crippen molar-refractivity contribution in [2.24, 2.45) is 0 Å². The zero-order chi connectivity index (χ0) is 13.8. The van der Waals surface area contributed by atoms with Crippen LogP contribution in [0.4, 0.5) is 0 Å². The fourth-order valence-electron chi connectivity index (χ4n) is 2.12. The van der Waals surface area contributed by atoms with Crippen LogP contribution in [-0.4, -0.2) is 10.4 Å². The van der Waals surface area contributed by atoms with Gasteiger partial charge in [0.05, 0.1) is 0 Å². The SMILES string of the molecule is O=C(C[n+]1ccn(-c2ccccc2)c1)c1ccccc1. The van der Waals surface area contributed by atoms with Crippen molar-refractivity contribution < 1.29 is 9.36 Å². The lowest BCUT2D eigenvalue weighted by Crippen LogP contribution is -2.35. The first-order valence-corrected chi connectivity index (χ1v) is 6.54. The van der Waals surface area contributed by atoms with E-state index in [1.165, 1.54) is 0 Å². The molecule has 0 aliphatic carbocycles. The molecule has 0 N–H and O–H groups in total. The molecule has 3 aromatic rings. The van der Waals surface area contributed by atoms with Gasteiger partial charge in [-0.25, -0.2) is 9.13 Å². The number of imidazole rings is 1. The zero-order valence-electron chi connectivity index (χ0n) is 11.0. The third-order valence-corrected chi connectivity index (χ3v) is 3.17. The molecule has 0 unspecified atom stereocenters. The quantitative estimate of drug-likeness (QED) is 0.525. The number of carbonyl (C=O) groups is 1. The number of aromatic nitrogens is 2. The van der Waals surface area contributed by atoms with Crippen LogP contribution in [0, 0.1) is 0 Å². The highest BCUT2D eigenvalue weighted by molar-refractivity contribution is 5.94. The average Bonchev–Trinajstić information content (AvgIpc) is 2.97. The predicted octanol–water partition coefficient (Wildman–Crippen LogP) is 2.65. The summed E-state index contributed by atoms with van der Waals surface area (Å²) in [6.45, 7) is 0.351. The highest BCUT2D eigenvalue weighted by Crippen LogP contribution is 2.05. The maximum atomic E-state index is 12.1. The summed E-state index contributed by atoms with van der Waals surface area (Å²) in [4.78, 5) is 12.1. The van der Waals surface area contributed by atoms with Gasteiger partial charge < -0.3 is 0 Å². The summed E-state index contributed by atoms with van der Waals surface area (Å²) >= 11 is 0. The lowest BCUT2D eigenvalue weighted by Gasteiger charge is -1.97. The van der Waals surface area contributed by atoms with E-state index in [-0.39, 0.29) is 5.78 Å².